The van der Waals surface area contributed by atoms with Crippen LogP contribution in [0.2, 0.25) is 0 Å². The van der Waals surface area contributed by atoms with Crippen LogP contribution in [-0.4, -0.2) is 39.3 Å². The van der Waals surface area contributed by atoms with E-state index in [9.17, 15) is 9.59 Å². The van der Waals surface area contributed by atoms with Gasteiger partial charge in [-0.15, -0.1) is 20.4 Å². The van der Waals surface area contributed by atoms with Crippen molar-refractivity contribution in [1.29, 1.82) is 0 Å². The van der Waals surface area contributed by atoms with Gasteiger partial charge in [-0.1, -0.05) is 17.7 Å². The zero-order valence-corrected chi connectivity index (χ0v) is 16.8. The number of nitrogens with one attached hydrogen (secondary N) is 2. The van der Waals surface area contributed by atoms with Crippen molar-refractivity contribution in [2.45, 2.75) is 6.92 Å². The molecule has 0 radical (unpaired) electrons. The van der Waals surface area contributed by atoms with Gasteiger partial charge in [0.15, 0.2) is 11.5 Å². The van der Waals surface area contributed by atoms with Crippen molar-refractivity contribution < 1.29 is 14.0 Å². The van der Waals surface area contributed by atoms with Crippen LogP contribution >= 0.6 is 0 Å². The van der Waals surface area contributed by atoms with Crippen LogP contribution in [0.5, 0.6) is 0 Å². The lowest BCUT2D eigenvalue weighted by Gasteiger charge is -2.05. The topological polar surface area (TPSA) is 123 Å². The van der Waals surface area contributed by atoms with Crippen LogP contribution in [0.1, 0.15) is 26.4 Å². The molecule has 9 heteroatoms. The Morgan fingerprint density at radius 3 is 2.19 bits per heavy atom. The summed E-state index contributed by atoms with van der Waals surface area (Å²) in [5.41, 5.74) is 3.21. The van der Waals surface area contributed by atoms with Gasteiger partial charge in [0.05, 0.1) is 0 Å². The maximum Gasteiger partial charge on any atom is 0.271 e. The third-order valence-electron chi connectivity index (χ3n) is 4.45. The molecule has 2 aromatic carbocycles. The van der Waals surface area contributed by atoms with E-state index in [1.165, 1.54) is 19.2 Å². The van der Waals surface area contributed by atoms with Crippen LogP contribution < -0.4 is 10.6 Å². The molecule has 0 atom stereocenters. The average molecular weight is 414 g/mol. The molecule has 154 valence electrons. The molecule has 9 nitrogen and oxygen atoms in total. The number of hydrogen-bond donors (Lipinski definition) is 2. The summed E-state index contributed by atoms with van der Waals surface area (Å²) < 4.78 is 5.77. The van der Waals surface area contributed by atoms with E-state index in [4.69, 9.17) is 4.42 Å². The summed E-state index contributed by atoms with van der Waals surface area (Å²) in [7, 11) is 1.50. The highest BCUT2D eigenvalue weighted by molar-refractivity contribution is 6.04. The second-order valence-electron chi connectivity index (χ2n) is 6.70. The summed E-state index contributed by atoms with van der Waals surface area (Å²) in [6, 6.07) is 17.5. The van der Waals surface area contributed by atoms with Crippen molar-refractivity contribution in [3.05, 3.63) is 77.5 Å². The smallest absolute Gasteiger partial charge is 0.271 e. The van der Waals surface area contributed by atoms with Crippen LogP contribution in [0, 0.1) is 6.92 Å². The van der Waals surface area contributed by atoms with Gasteiger partial charge in [0, 0.05) is 23.7 Å². The number of hydrogen-bond acceptors (Lipinski definition) is 7. The number of anilines is 1. The van der Waals surface area contributed by atoms with Gasteiger partial charge in [-0.3, -0.25) is 9.59 Å². The molecule has 2 heterocycles. The lowest BCUT2D eigenvalue weighted by Crippen LogP contribution is -2.20. The SMILES string of the molecule is CNC(=O)c1ccc(NC(=O)c2ccc(-c3nnc(-c4cccc(C)c4)o3)cc2)nn1. The first-order chi connectivity index (χ1) is 15.0. The minimum atomic E-state index is -0.362. The van der Waals surface area contributed by atoms with Crippen molar-refractivity contribution in [2.24, 2.45) is 0 Å². The molecule has 4 rings (SSSR count). The number of rotatable bonds is 5. The predicted molar refractivity (Wildman–Crippen MR) is 113 cm³/mol. The minimum Gasteiger partial charge on any atom is -0.416 e. The van der Waals surface area contributed by atoms with Crippen LogP contribution in [0.25, 0.3) is 22.9 Å². The maximum absolute atomic E-state index is 12.4. The van der Waals surface area contributed by atoms with Crippen molar-refractivity contribution >= 4 is 17.6 Å². The molecule has 31 heavy (non-hydrogen) atoms. The monoisotopic (exact) mass is 414 g/mol. The first-order valence-electron chi connectivity index (χ1n) is 9.41. The molecular formula is C22H18N6O3. The Morgan fingerprint density at radius 1 is 0.806 bits per heavy atom. The van der Waals surface area contributed by atoms with Gasteiger partial charge in [0.2, 0.25) is 11.8 Å². The zero-order valence-electron chi connectivity index (χ0n) is 16.8. The Bertz CT molecular complexity index is 1230. The van der Waals surface area contributed by atoms with Crippen molar-refractivity contribution in [2.75, 3.05) is 12.4 Å². The third kappa shape index (κ3) is 4.45. The Kier molecular flexibility index (Phi) is 5.48. The van der Waals surface area contributed by atoms with Crippen LogP contribution in [0.4, 0.5) is 5.82 Å². The number of carbonyl (C=O) groups excluding carboxylic acids is 2. The molecule has 2 aromatic heterocycles. The summed E-state index contributed by atoms with van der Waals surface area (Å²) in [6.45, 7) is 1.99. The van der Waals surface area contributed by atoms with Gasteiger partial charge in [0.25, 0.3) is 11.8 Å². The molecule has 2 amide bonds. The summed E-state index contributed by atoms with van der Waals surface area (Å²) in [6.07, 6.45) is 0. The van der Waals surface area contributed by atoms with Crippen LogP contribution in [-0.2, 0) is 0 Å². The molecule has 0 fully saturated rings. The summed E-state index contributed by atoms with van der Waals surface area (Å²) in [5, 5.41) is 20.9. The standard InChI is InChI=1S/C22H18N6O3/c1-13-4-3-5-16(12-13)22-28-27-21(31-22)15-8-6-14(7-9-15)19(29)24-18-11-10-17(25-26-18)20(30)23-2/h3-12H,1-2H3,(H,23,30)(H,24,26,29). The first kappa shape index (κ1) is 19.9. The van der Waals surface area contributed by atoms with Crippen LogP contribution in [0.3, 0.4) is 0 Å². The molecule has 0 unspecified atom stereocenters. The number of carbonyl (C=O) groups is 2. The Balaban J connectivity index is 1.46. The lowest BCUT2D eigenvalue weighted by atomic mass is 10.1. The highest BCUT2D eigenvalue weighted by Gasteiger charge is 2.13. The second kappa shape index (κ2) is 8.54. The van der Waals surface area contributed by atoms with Gasteiger partial charge in [-0.05, 0) is 55.5 Å². The number of aromatic nitrogens is 4. The number of benzene rings is 2. The Labute approximate surface area is 177 Å². The third-order valence-corrected chi connectivity index (χ3v) is 4.45. The molecule has 4 aromatic rings. The number of aryl methyl sites for hydroxylation is 1. The Hall–Kier alpha value is -4.40. The van der Waals surface area contributed by atoms with E-state index in [1.54, 1.807) is 24.3 Å². The molecule has 2 N–H and O–H groups in total. The molecule has 0 aliphatic carbocycles. The molecule has 0 saturated carbocycles. The Morgan fingerprint density at radius 2 is 1.55 bits per heavy atom. The fourth-order valence-corrected chi connectivity index (χ4v) is 2.84. The van der Waals surface area contributed by atoms with Gasteiger partial charge < -0.3 is 15.1 Å². The molecular weight excluding hydrogens is 396 g/mol. The molecule has 0 saturated heterocycles. The van der Waals surface area contributed by atoms with E-state index >= 15 is 0 Å². The van der Waals surface area contributed by atoms with E-state index in [-0.39, 0.29) is 23.3 Å². The molecule has 0 aliphatic heterocycles. The fraction of sp³-hybridized carbons (Fsp3) is 0.0909. The number of nitrogens with zero attached hydrogens (tertiary/aromatic N) is 4. The highest BCUT2D eigenvalue weighted by atomic mass is 16.4. The second-order valence-corrected chi connectivity index (χ2v) is 6.70. The van der Waals surface area contributed by atoms with Gasteiger partial charge in [-0.25, -0.2) is 0 Å². The summed E-state index contributed by atoms with van der Waals surface area (Å²) >= 11 is 0. The molecule has 0 bridgehead atoms. The van der Waals surface area contributed by atoms with Crippen molar-refractivity contribution in [1.82, 2.24) is 25.7 Å². The summed E-state index contributed by atoms with van der Waals surface area (Å²) in [5.74, 6) is 0.312. The van der Waals surface area contributed by atoms with E-state index in [1.807, 2.05) is 31.2 Å². The fourth-order valence-electron chi connectivity index (χ4n) is 2.84. The van der Waals surface area contributed by atoms with Crippen molar-refractivity contribution in [3.63, 3.8) is 0 Å². The maximum atomic E-state index is 12.4. The van der Waals surface area contributed by atoms with Gasteiger partial charge in [-0.2, -0.15) is 0 Å². The molecule has 0 spiro atoms. The van der Waals surface area contributed by atoms with Crippen LogP contribution in [0.15, 0.2) is 65.1 Å². The van der Waals surface area contributed by atoms with E-state index in [0.717, 1.165) is 11.1 Å². The average Bonchev–Trinajstić information content (AvgIpc) is 3.29. The highest BCUT2D eigenvalue weighted by Crippen LogP contribution is 2.24. The lowest BCUT2D eigenvalue weighted by molar-refractivity contribution is 0.0956. The van der Waals surface area contributed by atoms with Gasteiger partial charge >= 0.3 is 0 Å². The minimum absolute atomic E-state index is 0.162. The summed E-state index contributed by atoms with van der Waals surface area (Å²) in [4.78, 5) is 23.9. The number of amides is 2. The normalized spacial score (nSPS) is 10.5. The molecule has 0 aliphatic rings. The van der Waals surface area contributed by atoms with E-state index in [0.29, 0.717) is 22.9 Å². The van der Waals surface area contributed by atoms with E-state index in [2.05, 4.69) is 31.0 Å². The first-order valence-corrected chi connectivity index (χ1v) is 9.41. The zero-order chi connectivity index (χ0) is 21.8. The van der Waals surface area contributed by atoms with E-state index < -0.39 is 0 Å². The van der Waals surface area contributed by atoms with Crippen molar-refractivity contribution in [3.8, 4) is 22.9 Å². The predicted octanol–water partition coefficient (Wildman–Crippen LogP) is 3.11. The largest absolute Gasteiger partial charge is 0.416 e. The quantitative estimate of drug-likeness (QED) is 0.514. The van der Waals surface area contributed by atoms with Gasteiger partial charge in [0.1, 0.15) is 0 Å².